The fourth-order valence-corrected chi connectivity index (χ4v) is 4.60. The third kappa shape index (κ3) is 5.08. The summed E-state index contributed by atoms with van der Waals surface area (Å²) in [6.07, 6.45) is 2.37. The molecular weight excluding hydrogens is 470 g/mol. The average molecular weight is 502 g/mol. The van der Waals surface area contributed by atoms with Crippen LogP contribution in [0.15, 0.2) is 54.7 Å². The molecule has 5 rings (SSSR count). The van der Waals surface area contributed by atoms with Crippen LogP contribution in [0.5, 0.6) is 17.4 Å². The molecule has 3 heterocycles. The largest absolute Gasteiger partial charge is 0.496 e. The quantitative estimate of drug-likeness (QED) is 0.353. The number of benzene rings is 2. The third-order valence-electron chi connectivity index (χ3n) is 6.72. The van der Waals surface area contributed by atoms with E-state index in [2.05, 4.69) is 35.0 Å². The van der Waals surface area contributed by atoms with Crippen molar-refractivity contribution in [3.8, 4) is 17.4 Å². The average Bonchev–Trinajstić information content (AvgIpc) is 3.30. The van der Waals surface area contributed by atoms with E-state index in [4.69, 9.17) is 24.2 Å². The maximum Gasteiger partial charge on any atom is 0.341 e. The summed E-state index contributed by atoms with van der Waals surface area (Å²) in [6, 6.07) is 15.2. The Hall–Kier alpha value is -4.11. The number of piperazine rings is 1. The van der Waals surface area contributed by atoms with Crippen LogP contribution in [0.1, 0.15) is 21.7 Å². The molecule has 2 aromatic heterocycles. The van der Waals surface area contributed by atoms with Gasteiger partial charge in [-0.3, -0.25) is 0 Å². The lowest BCUT2D eigenvalue weighted by Crippen LogP contribution is -2.44. The molecule has 192 valence electrons. The van der Waals surface area contributed by atoms with Gasteiger partial charge in [0, 0.05) is 63.2 Å². The summed E-state index contributed by atoms with van der Waals surface area (Å²) in [5.74, 6) is 1.66. The minimum absolute atomic E-state index is 0.327. The number of rotatable bonds is 7. The van der Waals surface area contributed by atoms with Crippen molar-refractivity contribution in [2.24, 2.45) is 7.05 Å². The van der Waals surface area contributed by atoms with Crippen LogP contribution >= 0.6 is 0 Å². The second kappa shape index (κ2) is 10.5. The normalized spacial score (nSPS) is 14.1. The Morgan fingerprint density at radius 1 is 0.946 bits per heavy atom. The van der Waals surface area contributed by atoms with Crippen LogP contribution in [-0.2, 0) is 18.2 Å². The Bertz CT molecular complexity index is 1430. The molecule has 1 saturated heterocycles. The summed E-state index contributed by atoms with van der Waals surface area (Å²) >= 11 is 0. The van der Waals surface area contributed by atoms with E-state index in [9.17, 15) is 4.79 Å². The van der Waals surface area contributed by atoms with Gasteiger partial charge in [-0.1, -0.05) is 18.2 Å². The number of nitrogens with zero attached hydrogens (tertiary/aromatic N) is 5. The lowest BCUT2D eigenvalue weighted by Gasteiger charge is -2.34. The highest BCUT2D eigenvalue weighted by Gasteiger charge is 2.20. The van der Waals surface area contributed by atoms with Gasteiger partial charge in [0.15, 0.2) is 0 Å². The molecule has 0 saturated carbocycles. The summed E-state index contributed by atoms with van der Waals surface area (Å²) in [6.45, 7) is 4.05. The van der Waals surface area contributed by atoms with E-state index in [1.807, 2.05) is 23.9 Å². The smallest absolute Gasteiger partial charge is 0.341 e. The molecular formula is C28H31N5O4. The number of aryl methyl sites for hydroxylation is 1. The Morgan fingerprint density at radius 2 is 1.73 bits per heavy atom. The van der Waals surface area contributed by atoms with Crippen molar-refractivity contribution in [1.29, 1.82) is 0 Å². The summed E-state index contributed by atoms with van der Waals surface area (Å²) in [5, 5.41) is 0. The van der Waals surface area contributed by atoms with E-state index in [0.29, 0.717) is 29.4 Å². The molecule has 0 aliphatic carbocycles. The lowest BCUT2D eigenvalue weighted by atomic mass is 10.1. The van der Waals surface area contributed by atoms with Crippen molar-refractivity contribution in [3.63, 3.8) is 0 Å². The first-order valence-electron chi connectivity index (χ1n) is 12.2. The molecule has 1 aliphatic heterocycles. The number of anilines is 1. The van der Waals surface area contributed by atoms with Crippen molar-refractivity contribution in [3.05, 3.63) is 71.7 Å². The van der Waals surface area contributed by atoms with Crippen molar-refractivity contribution < 1.29 is 19.0 Å². The minimum atomic E-state index is -0.474. The predicted octanol–water partition coefficient (Wildman–Crippen LogP) is 3.90. The zero-order valence-electron chi connectivity index (χ0n) is 21.6. The maximum atomic E-state index is 12.3. The van der Waals surface area contributed by atoms with Crippen LogP contribution in [0.2, 0.25) is 0 Å². The van der Waals surface area contributed by atoms with Gasteiger partial charge < -0.3 is 28.6 Å². The number of aromatic nitrogens is 3. The monoisotopic (exact) mass is 501 g/mol. The molecule has 0 atom stereocenters. The minimum Gasteiger partial charge on any atom is -0.496 e. The number of fused-ring (bicyclic) bond motifs is 1. The van der Waals surface area contributed by atoms with Crippen LogP contribution in [0.4, 0.5) is 5.69 Å². The number of carbonyl (C=O) groups excluding carboxylic acids is 1. The van der Waals surface area contributed by atoms with E-state index in [0.717, 1.165) is 54.2 Å². The van der Waals surface area contributed by atoms with Crippen molar-refractivity contribution in [2.45, 2.75) is 6.42 Å². The van der Waals surface area contributed by atoms with Crippen LogP contribution in [-0.4, -0.2) is 72.9 Å². The second-order valence-electron chi connectivity index (χ2n) is 9.16. The summed E-state index contributed by atoms with van der Waals surface area (Å²) in [7, 11) is 7.09. The Labute approximate surface area is 216 Å². The summed E-state index contributed by atoms with van der Waals surface area (Å²) < 4.78 is 18.8. The third-order valence-corrected chi connectivity index (χ3v) is 6.72. The number of hydrogen-bond donors (Lipinski definition) is 0. The number of methoxy groups -OCH3 is 2. The Kier molecular flexibility index (Phi) is 6.96. The highest BCUT2D eigenvalue weighted by Crippen LogP contribution is 2.32. The molecule has 1 aliphatic rings. The molecule has 9 heteroatoms. The molecule has 1 fully saturated rings. The summed E-state index contributed by atoms with van der Waals surface area (Å²) in [5.41, 5.74) is 3.95. The van der Waals surface area contributed by atoms with Crippen molar-refractivity contribution in [2.75, 3.05) is 52.3 Å². The first kappa shape index (κ1) is 24.6. The van der Waals surface area contributed by atoms with Gasteiger partial charge in [-0.05, 0) is 31.3 Å². The Balaban J connectivity index is 1.47. The van der Waals surface area contributed by atoms with Crippen LogP contribution in [0.3, 0.4) is 0 Å². The Morgan fingerprint density at radius 3 is 2.49 bits per heavy atom. The fourth-order valence-electron chi connectivity index (χ4n) is 4.60. The van der Waals surface area contributed by atoms with Crippen LogP contribution in [0, 0.1) is 0 Å². The van der Waals surface area contributed by atoms with E-state index < -0.39 is 5.97 Å². The van der Waals surface area contributed by atoms with E-state index in [1.54, 1.807) is 31.4 Å². The zero-order chi connectivity index (χ0) is 25.9. The molecule has 4 aromatic rings. The van der Waals surface area contributed by atoms with Gasteiger partial charge in [-0.2, -0.15) is 4.98 Å². The molecule has 0 unspecified atom stereocenters. The highest BCUT2D eigenvalue weighted by molar-refractivity contribution is 5.92. The number of para-hydroxylation sites is 1. The second-order valence-corrected chi connectivity index (χ2v) is 9.16. The predicted molar refractivity (Wildman–Crippen MR) is 142 cm³/mol. The van der Waals surface area contributed by atoms with Gasteiger partial charge in [0.2, 0.25) is 5.88 Å². The van der Waals surface area contributed by atoms with Gasteiger partial charge in [0.1, 0.15) is 28.4 Å². The van der Waals surface area contributed by atoms with E-state index >= 15 is 0 Å². The van der Waals surface area contributed by atoms with Gasteiger partial charge in [-0.15, -0.1) is 0 Å². The van der Waals surface area contributed by atoms with Crippen molar-refractivity contribution >= 4 is 22.7 Å². The van der Waals surface area contributed by atoms with Gasteiger partial charge in [-0.25, -0.2) is 9.78 Å². The fraction of sp³-hybridized carbons (Fsp3) is 0.321. The zero-order valence-corrected chi connectivity index (χ0v) is 21.6. The first-order valence-corrected chi connectivity index (χ1v) is 12.2. The van der Waals surface area contributed by atoms with Crippen LogP contribution in [0.25, 0.3) is 11.0 Å². The molecule has 0 N–H and O–H groups in total. The number of likely N-dealkylation sites (N-methyl/N-ethyl adjacent to an activating group) is 1. The molecule has 2 aromatic carbocycles. The lowest BCUT2D eigenvalue weighted by molar-refractivity contribution is 0.0598. The molecule has 0 spiro atoms. The van der Waals surface area contributed by atoms with Gasteiger partial charge in [0.05, 0.1) is 19.7 Å². The maximum absolute atomic E-state index is 12.3. The van der Waals surface area contributed by atoms with E-state index in [-0.39, 0.29) is 0 Å². The first-order chi connectivity index (χ1) is 18.0. The highest BCUT2D eigenvalue weighted by atomic mass is 16.5. The molecule has 37 heavy (non-hydrogen) atoms. The summed E-state index contributed by atoms with van der Waals surface area (Å²) in [4.78, 5) is 26.6. The number of carbonyl (C=O) groups is 1. The SMILES string of the molecule is COC(=O)c1ccccc1Oc1nc(Cc2ccc(N3CCN(C)CC3)cc2OC)nc2ccn(C)c12. The number of esters is 1. The molecule has 0 radical (unpaired) electrons. The number of hydrogen-bond acceptors (Lipinski definition) is 8. The van der Waals surface area contributed by atoms with Gasteiger partial charge in [0.25, 0.3) is 0 Å². The van der Waals surface area contributed by atoms with Crippen molar-refractivity contribution in [1.82, 2.24) is 19.4 Å². The molecule has 0 amide bonds. The van der Waals surface area contributed by atoms with Crippen LogP contribution < -0.4 is 14.4 Å². The topological polar surface area (TPSA) is 82.0 Å². The van der Waals surface area contributed by atoms with E-state index in [1.165, 1.54) is 7.11 Å². The number of ether oxygens (including phenoxy) is 3. The molecule has 9 nitrogen and oxygen atoms in total. The molecule has 0 bridgehead atoms. The standard InChI is InChI=1S/C28H31N5O4/c1-31-13-15-33(16-14-31)20-10-9-19(24(18-20)35-3)17-25-29-22-11-12-32(2)26(22)27(30-25)37-23-8-6-5-7-21(23)28(34)36-4/h5-12,18H,13-17H2,1-4H3. The van der Waals surface area contributed by atoms with Gasteiger partial charge >= 0.3 is 5.97 Å².